The summed E-state index contributed by atoms with van der Waals surface area (Å²) in [7, 11) is 0. The van der Waals surface area contributed by atoms with Crippen molar-refractivity contribution in [1.29, 1.82) is 0 Å². The van der Waals surface area contributed by atoms with Crippen molar-refractivity contribution in [2.24, 2.45) is 11.8 Å². The van der Waals surface area contributed by atoms with Gasteiger partial charge in [0.2, 0.25) is 11.8 Å². The van der Waals surface area contributed by atoms with Gasteiger partial charge >= 0.3 is 0 Å². The number of rotatable bonds is 4. The minimum atomic E-state index is -0.0217. The molecule has 1 fully saturated rings. The fourth-order valence-corrected chi connectivity index (χ4v) is 3.80. The summed E-state index contributed by atoms with van der Waals surface area (Å²) in [5, 5.41) is 6.14. The number of para-hydroxylation sites is 2. The minimum absolute atomic E-state index is 0.0196. The Morgan fingerprint density at radius 2 is 1.19 bits per heavy atom. The van der Waals surface area contributed by atoms with Gasteiger partial charge in [0, 0.05) is 23.2 Å². The SMILES string of the molecule is Cc1ccccc1NC(=O)C1CCC(C(=O)Nc2c(C)cccc2C)CC1. The first-order valence-electron chi connectivity index (χ1n) is 9.69. The zero-order valence-corrected chi connectivity index (χ0v) is 16.3. The molecule has 2 aromatic carbocycles. The summed E-state index contributed by atoms with van der Waals surface area (Å²) in [6, 6.07) is 13.8. The van der Waals surface area contributed by atoms with E-state index < -0.39 is 0 Å². The summed E-state index contributed by atoms with van der Waals surface area (Å²) in [5.41, 5.74) is 5.01. The fourth-order valence-electron chi connectivity index (χ4n) is 3.80. The van der Waals surface area contributed by atoms with Crippen LogP contribution in [-0.4, -0.2) is 11.8 Å². The van der Waals surface area contributed by atoms with Gasteiger partial charge in [0.05, 0.1) is 0 Å². The third-order valence-corrected chi connectivity index (χ3v) is 5.60. The maximum absolute atomic E-state index is 12.7. The summed E-state index contributed by atoms with van der Waals surface area (Å²) >= 11 is 0. The molecule has 4 nitrogen and oxygen atoms in total. The molecule has 142 valence electrons. The smallest absolute Gasteiger partial charge is 0.227 e. The Morgan fingerprint density at radius 1 is 0.704 bits per heavy atom. The van der Waals surface area contributed by atoms with E-state index in [1.54, 1.807) is 0 Å². The molecule has 0 unspecified atom stereocenters. The molecule has 0 aliphatic heterocycles. The lowest BCUT2D eigenvalue weighted by Gasteiger charge is -2.27. The number of carbonyl (C=O) groups excluding carboxylic acids is 2. The molecular formula is C23H28N2O2. The molecule has 0 bridgehead atoms. The van der Waals surface area contributed by atoms with Gasteiger partial charge in [0.15, 0.2) is 0 Å². The molecule has 0 saturated heterocycles. The van der Waals surface area contributed by atoms with Gasteiger partial charge in [-0.25, -0.2) is 0 Å². The van der Waals surface area contributed by atoms with Crippen molar-refractivity contribution in [3.8, 4) is 0 Å². The van der Waals surface area contributed by atoms with Gasteiger partial charge < -0.3 is 10.6 Å². The predicted octanol–water partition coefficient (Wildman–Crippen LogP) is 5.00. The molecule has 0 spiro atoms. The summed E-state index contributed by atoms with van der Waals surface area (Å²) in [6.45, 7) is 6.01. The van der Waals surface area contributed by atoms with Crippen molar-refractivity contribution in [2.75, 3.05) is 10.6 Å². The second kappa shape index (κ2) is 8.38. The topological polar surface area (TPSA) is 58.2 Å². The lowest BCUT2D eigenvalue weighted by atomic mass is 9.81. The molecule has 0 aromatic heterocycles. The molecule has 3 rings (SSSR count). The predicted molar refractivity (Wildman–Crippen MR) is 110 cm³/mol. The van der Waals surface area contributed by atoms with E-state index in [4.69, 9.17) is 0 Å². The van der Waals surface area contributed by atoms with Gasteiger partial charge in [-0.1, -0.05) is 36.4 Å². The Bertz CT molecular complexity index is 816. The van der Waals surface area contributed by atoms with E-state index in [0.717, 1.165) is 53.7 Å². The summed E-state index contributed by atoms with van der Waals surface area (Å²) < 4.78 is 0. The summed E-state index contributed by atoms with van der Waals surface area (Å²) in [6.07, 6.45) is 3.01. The number of amides is 2. The van der Waals surface area contributed by atoms with E-state index in [1.807, 2.05) is 63.2 Å². The van der Waals surface area contributed by atoms with Gasteiger partial charge in [-0.05, 0) is 69.2 Å². The van der Waals surface area contributed by atoms with E-state index in [9.17, 15) is 9.59 Å². The molecule has 0 atom stereocenters. The van der Waals surface area contributed by atoms with Crippen molar-refractivity contribution in [2.45, 2.75) is 46.5 Å². The van der Waals surface area contributed by atoms with Crippen molar-refractivity contribution in [1.82, 2.24) is 0 Å². The maximum atomic E-state index is 12.7. The van der Waals surface area contributed by atoms with Crippen LogP contribution >= 0.6 is 0 Å². The first-order valence-corrected chi connectivity index (χ1v) is 9.69. The van der Waals surface area contributed by atoms with Gasteiger partial charge in [0.1, 0.15) is 0 Å². The normalized spacial score (nSPS) is 19.4. The van der Waals surface area contributed by atoms with Crippen LogP contribution in [0.15, 0.2) is 42.5 Å². The Balaban J connectivity index is 1.54. The highest BCUT2D eigenvalue weighted by Crippen LogP contribution is 2.31. The van der Waals surface area contributed by atoms with Gasteiger partial charge in [0.25, 0.3) is 0 Å². The van der Waals surface area contributed by atoms with E-state index in [2.05, 4.69) is 10.6 Å². The monoisotopic (exact) mass is 364 g/mol. The number of aryl methyl sites for hydroxylation is 3. The first-order chi connectivity index (χ1) is 13.0. The molecule has 2 aromatic rings. The van der Waals surface area contributed by atoms with Crippen LogP contribution in [0.3, 0.4) is 0 Å². The second-order valence-corrected chi connectivity index (χ2v) is 7.61. The molecule has 2 amide bonds. The highest BCUT2D eigenvalue weighted by atomic mass is 16.2. The molecule has 2 N–H and O–H groups in total. The van der Waals surface area contributed by atoms with Crippen LogP contribution in [-0.2, 0) is 9.59 Å². The molecule has 0 radical (unpaired) electrons. The minimum Gasteiger partial charge on any atom is -0.326 e. The molecular weight excluding hydrogens is 336 g/mol. The van der Waals surface area contributed by atoms with Crippen molar-refractivity contribution in [3.05, 3.63) is 59.2 Å². The number of benzene rings is 2. The lowest BCUT2D eigenvalue weighted by molar-refractivity contribution is -0.125. The third-order valence-electron chi connectivity index (χ3n) is 5.60. The van der Waals surface area contributed by atoms with Crippen LogP contribution in [0.5, 0.6) is 0 Å². The van der Waals surface area contributed by atoms with Crippen LogP contribution in [0, 0.1) is 32.6 Å². The quantitative estimate of drug-likeness (QED) is 0.802. The van der Waals surface area contributed by atoms with Crippen molar-refractivity contribution in [3.63, 3.8) is 0 Å². The largest absolute Gasteiger partial charge is 0.326 e. The zero-order valence-electron chi connectivity index (χ0n) is 16.3. The Labute approximate surface area is 161 Å². The van der Waals surface area contributed by atoms with Crippen LogP contribution in [0.4, 0.5) is 11.4 Å². The number of hydrogen-bond donors (Lipinski definition) is 2. The second-order valence-electron chi connectivity index (χ2n) is 7.61. The first kappa shape index (κ1) is 19.2. The highest BCUT2D eigenvalue weighted by molar-refractivity contribution is 5.95. The third kappa shape index (κ3) is 4.57. The number of anilines is 2. The summed E-state index contributed by atoms with van der Waals surface area (Å²) in [4.78, 5) is 25.2. The van der Waals surface area contributed by atoms with Gasteiger partial charge in [-0.15, -0.1) is 0 Å². The summed E-state index contributed by atoms with van der Waals surface area (Å²) in [5.74, 6) is 0.100. The standard InChI is InChI=1S/C23H28N2O2/c1-15-7-4-5-10-20(15)24-22(26)18-11-13-19(14-12-18)23(27)25-21-16(2)8-6-9-17(21)3/h4-10,18-19H,11-14H2,1-3H3,(H,24,26)(H,25,27). The average Bonchev–Trinajstić information content (AvgIpc) is 2.66. The van der Waals surface area contributed by atoms with E-state index in [1.165, 1.54) is 0 Å². The van der Waals surface area contributed by atoms with Crippen LogP contribution in [0.1, 0.15) is 42.4 Å². The van der Waals surface area contributed by atoms with Gasteiger partial charge in [-0.2, -0.15) is 0 Å². The zero-order chi connectivity index (χ0) is 19.4. The lowest BCUT2D eigenvalue weighted by Crippen LogP contribution is -2.32. The van der Waals surface area contributed by atoms with Gasteiger partial charge in [-0.3, -0.25) is 9.59 Å². The molecule has 4 heteroatoms. The molecule has 1 aliphatic carbocycles. The van der Waals surface area contributed by atoms with Crippen molar-refractivity contribution < 1.29 is 9.59 Å². The van der Waals surface area contributed by atoms with Crippen LogP contribution in [0.2, 0.25) is 0 Å². The molecule has 1 saturated carbocycles. The Hall–Kier alpha value is -2.62. The fraction of sp³-hybridized carbons (Fsp3) is 0.391. The average molecular weight is 364 g/mol. The van der Waals surface area contributed by atoms with E-state index in [0.29, 0.717) is 0 Å². The Morgan fingerprint density at radius 3 is 1.74 bits per heavy atom. The molecule has 0 heterocycles. The number of carbonyl (C=O) groups is 2. The van der Waals surface area contributed by atoms with E-state index >= 15 is 0 Å². The Kier molecular flexibility index (Phi) is 5.94. The highest BCUT2D eigenvalue weighted by Gasteiger charge is 2.30. The van der Waals surface area contributed by atoms with E-state index in [-0.39, 0.29) is 23.7 Å². The molecule has 27 heavy (non-hydrogen) atoms. The number of hydrogen-bond acceptors (Lipinski definition) is 2. The molecule has 1 aliphatic rings. The maximum Gasteiger partial charge on any atom is 0.227 e. The van der Waals surface area contributed by atoms with Crippen LogP contribution < -0.4 is 10.6 Å². The van der Waals surface area contributed by atoms with Crippen LogP contribution in [0.25, 0.3) is 0 Å². The van der Waals surface area contributed by atoms with Crippen molar-refractivity contribution >= 4 is 23.2 Å². The number of nitrogens with one attached hydrogen (secondary N) is 2.